The van der Waals surface area contributed by atoms with Gasteiger partial charge in [-0.1, -0.05) is 0 Å². The first kappa shape index (κ1) is 11.4. The molecule has 54 valence electrons. The van der Waals surface area contributed by atoms with Crippen molar-refractivity contribution < 1.29 is 0 Å². The zero-order valence-corrected chi connectivity index (χ0v) is 6.70. The van der Waals surface area contributed by atoms with Gasteiger partial charge in [-0.05, 0) is 21.0 Å². The summed E-state index contributed by atoms with van der Waals surface area (Å²) in [6.45, 7) is 1.90. The molecule has 0 fully saturated rings. The second-order valence-electron chi connectivity index (χ2n) is 1.84. The highest BCUT2D eigenvalue weighted by atomic mass is 35.5. The Morgan fingerprint density at radius 3 is 2.11 bits per heavy atom. The summed E-state index contributed by atoms with van der Waals surface area (Å²) in [4.78, 5) is 5.57. The van der Waals surface area contributed by atoms with Gasteiger partial charge in [0.1, 0.15) is 6.17 Å². The van der Waals surface area contributed by atoms with Crippen LogP contribution in [0.15, 0.2) is 4.99 Å². The Hall–Kier alpha value is -0.370. The van der Waals surface area contributed by atoms with E-state index >= 15 is 0 Å². The third-order valence-electron chi connectivity index (χ3n) is 0.999. The van der Waals surface area contributed by atoms with E-state index in [1.54, 1.807) is 0 Å². The van der Waals surface area contributed by atoms with Gasteiger partial charge in [-0.3, -0.25) is 4.90 Å². The van der Waals surface area contributed by atoms with Crippen molar-refractivity contribution in [2.45, 2.75) is 13.1 Å². The molecular weight excluding hydrogens is 138 g/mol. The summed E-state index contributed by atoms with van der Waals surface area (Å²) in [6, 6.07) is 1.98. The van der Waals surface area contributed by atoms with E-state index in [1.165, 1.54) is 0 Å². The van der Waals surface area contributed by atoms with Crippen LogP contribution in [0.4, 0.5) is 0 Å². The Kier molecular flexibility index (Phi) is 7.32. The summed E-state index contributed by atoms with van der Waals surface area (Å²) in [5.74, 6) is 0. The Labute approximate surface area is 61.7 Å². The summed E-state index contributed by atoms with van der Waals surface area (Å²) in [5, 5.41) is 6.48. The molecule has 0 aliphatic carbocycles. The van der Waals surface area contributed by atoms with E-state index in [4.69, 9.17) is 5.41 Å². The number of nitrogens with zero attached hydrogens (tertiary/aromatic N) is 2. The standard InChI is InChI=1S/C5H11N3.ClH/c1-5(7-4-6)8(2)3;/h5-6H,1-3H3;1H. The summed E-state index contributed by atoms with van der Waals surface area (Å²) >= 11 is 0. The van der Waals surface area contributed by atoms with Crippen molar-refractivity contribution in [2.75, 3.05) is 14.1 Å². The van der Waals surface area contributed by atoms with Gasteiger partial charge in [-0.25, -0.2) is 10.4 Å². The first-order valence-corrected chi connectivity index (χ1v) is 2.46. The second kappa shape index (κ2) is 5.76. The van der Waals surface area contributed by atoms with Gasteiger partial charge in [-0.2, -0.15) is 0 Å². The SMILES string of the molecule is CC(N=C=N)N(C)C.Cl. The first-order chi connectivity index (χ1) is 3.68. The Morgan fingerprint density at radius 2 is 2.00 bits per heavy atom. The zero-order chi connectivity index (χ0) is 6.57. The van der Waals surface area contributed by atoms with Crippen LogP contribution < -0.4 is 0 Å². The number of aliphatic imine (C=N–C) groups is 1. The van der Waals surface area contributed by atoms with Crippen molar-refractivity contribution in [3.8, 4) is 0 Å². The van der Waals surface area contributed by atoms with Crippen LogP contribution >= 0.6 is 12.4 Å². The number of hydrogen-bond donors (Lipinski definition) is 1. The minimum atomic E-state index is 0. The molecule has 1 N–H and O–H groups in total. The van der Waals surface area contributed by atoms with E-state index < -0.39 is 0 Å². The van der Waals surface area contributed by atoms with Crippen molar-refractivity contribution in [1.29, 1.82) is 5.41 Å². The van der Waals surface area contributed by atoms with E-state index in [0.29, 0.717) is 0 Å². The monoisotopic (exact) mass is 149 g/mol. The fourth-order valence-corrected chi connectivity index (χ4v) is 0.209. The lowest BCUT2D eigenvalue weighted by atomic mass is 10.5. The average Bonchev–Trinajstić information content (AvgIpc) is 1.67. The largest absolute Gasteiger partial charge is 0.288 e. The summed E-state index contributed by atoms with van der Waals surface area (Å²) in [5.41, 5.74) is 0. The van der Waals surface area contributed by atoms with Gasteiger partial charge in [0.25, 0.3) is 0 Å². The van der Waals surface area contributed by atoms with Gasteiger partial charge in [0.2, 0.25) is 0 Å². The van der Waals surface area contributed by atoms with Crippen LogP contribution in [0.1, 0.15) is 6.92 Å². The normalized spacial score (nSPS) is 11.6. The van der Waals surface area contributed by atoms with Gasteiger partial charge in [0.05, 0.1) is 6.01 Å². The smallest absolute Gasteiger partial charge is 0.110 e. The van der Waals surface area contributed by atoms with Gasteiger partial charge >= 0.3 is 0 Å². The molecule has 0 aromatic heterocycles. The van der Waals surface area contributed by atoms with Crippen molar-refractivity contribution >= 4 is 18.4 Å². The maximum absolute atomic E-state index is 6.48. The topological polar surface area (TPSA) is 39.5 Å². The molecule has 9 heavy (non-hydrogen) atoms. The molecule has 0 heterocycles. The summed E-state index contributed by atoms with van der Waals surface area (Å²) in [7, 11) is 3.82. The maximum Gasteiger partial charge on any atom is 0.110 e. The average molecular weight is 150 g/mol. The third-order valence-corrected chi connectivity index (χ3v) is 0.999. The summed E-state index contributed by atoms with van der Waals surface area (Å²) in [6.07, 6.45) is 0.0764. The molecule has 0 spiro atoms. The molecule has 0 saturated carbocycles. The molecular formula is C5H12ClN3. The van der Waals surface area contributed by atoms with E-state index in [9.17, 15) is 0 Å². The highest BCUT2D eigenvalue weighted by molar-refractivity contribution is 5.85. The molecule has 0 aromatic carbocycles. The van der Waals surface area contributed by atoms with Crippen LogP contribution in [-0.4, -0.2) is 31.2 Å². The van der Waals surface area contributed by atoms with Crippen LogP contribution in [0, 0.1) is 5.41 Å². The molecule has 1 atom stereocenters. The van der Waals surface area contributed by atoms with Crippen molar-refractivity contribution in [3.05, 3.63) is 0 Å². The Morgan fingerprint density at radius 1 is 1.56 bits per heavy atom. The van der Waals surface area contributed by atoms with Crippen LogP contribution in [0.3, 0.4) is 0 Å². The molecule has 0 amide bonds. The molecule has 0 bridgehead atoms. The van der Waals surface area contributed by atoms with Crippen molar-refractivity contribution in [1.82, 2.24) is 4.90 Å². The van der Waals surface area contributed by atoms with Crippen LogP contribution in [0.2, 0.25) is 0 Å². The molecule has 0 saturated heterocycles. The third kappa shape index (κ3) is 5.50. The van der Waals surface area contributed by atoms with E-state index in [0.717, 1.165) is 0 Å². The molecule has 0 rings (SSSR count). The molecule has 0 aliphatic heterocycles. The lowest BCUT2D eigenvalue weighted by Gasteiger charge is -2.11. The van der Waals surface area contributed by atoms with Crippen molar-refractivity contribution in [2.24, 2.45) is 4.99 Å². The maximum atomic E-state index is 6.48. The first-order valence-electron chi connectivity index (χ1n) is 2.46. The highest BCUT2D eigenvalue weighted by Crippen LogP contribution is 1.88. The fourth-order valence-electron chi connectivity index (χ4n) is 0.209. The second-order valence-corrected chi connectivity index (χ2v) is 1.84. The molecule has 1 unspecified atom stereocenters. The molecule has 0 radical (unpaired) electrons. The Balaban J connectivity index is 0. The number of rotatable bonds is 2. The predicted molar refractivity (Wildman–Crippen MR) is 40.6 cm³/mol. The quantitative estimate of drug-likeness (QED) is 0.587. The summed E-state index contributed by atoms with van der Waals surface area (Å²) < 4.78 is 0. The molecule has 4 heteroatoms. The number of halogens is 1. The van der Waals surface area contributed by atoms with Crippen LogP contribution in [0.5, 0.6) is 0 Å². The molecule has 3 nitrogen and oxygen atoms in total. The molecule has 0 aliphatic rings. The molecule has 0 aromatic rings. The van der Waals surface area contributed by atoms with Crippen LogP contribution in [-0.2, 0) is 0 Å². The van der Waals surface area contributed by atoms with Crippen molar-refractivity contribution in [3.63, 3.8) is 0 Å². The van der Waals surface area contributed by atoms with E-state index in [-0.39, 0.29) is 18.6 Å². The number of hydrogen-bond acceptors (Lipinski definition) is 3. The number of nitrogens with one attached hydrogen (secondary N) is 1. The van der Waals surface area contributed by atoms with Gasteiger partial charge < -0.3 is 0 Å². The highest BCUT2D eigenvalue weighted by Gasteiger charge is 1.96. The fraction of sp³-hybridized carbons (Fsp3) is 0.800. The lowest BCUT2D eigenvalue weighted by Crippen LogP contribution is -2.21. The van der Waals surface area contributed by atoms with Gasteiger partial charge in [0.15, 0.2) is 0 Å². The van der Waals surface area contributed by atoms with Gasteiger partial charge in [-0.15, -0.1) is 12.4 Å². The minimum Gasteiger partial charge on any atom is -0.288 e. The van der Waals surface area contributed by atoms with E-state index in [2.05, 4.69) is 4.99 Å². The van der Waals surface area contributed by atoms with Gasteiger partial charge in [0, 0.05) is 0 Å². The van der Waals surface area contributed by atoms with Crippen LogP contribution in [0.25, 0.3) is 0 Å². The predicted octanol–water partition coefficient (Wildman–Crippen LogP) is 1.07. The van der Waals surface area contributed by atoms with E-state index in [1.807, 2.05) is 31.9 Å². The Bertz CT molecular complexity index is 107. The zero-order valence-electron chi connectivity index (χ0n) is 5.88. The minimum absolute atomic E-state index is 0. The lowest BCUT2D eigenvalue weighted by molar-refractivity contribution is 0.325.